The SMILES string of the molecule is COc1ccc(C(C#N)OOC(C)(C)C)cc1. The molecule has 4 nitrogen and oxygen atoms in total. The Morgan fingerprint density at radius 2 is 1.76 bits per heavy atom. The molecule has 1 unspecified atom stereocenters. The second-order valence-corrected chi connectivity index (χ2v) is 4.57. The van der Waals surface area contributed by atoms with Crippen LogP contribution in [0.25, 0.3) is 0 Å². The van der Waals surface area contributed by atoms with Crippen molar-refractivity contribution < 1.29 is 14.5 Å². The summed E-state index contributed by atoms with van der Waals surface area (Å²) in [5.41, 5.74) is 0.291. The van der Waals surface area contributed by atoms with Crippen LogP contribution in [-0.2, 0) is 9.78 Å². The average Bonchev–Trinajstić information content (AvgIpc) is 2.29. The first kappa shape index (κ1) is 13.5. The Hall–Kier alpha value is -1.57. The highest BCUT2D eigenvalue weighted by Gasteiger charge is 2.18. The molecular formula is C13H17NO3. The minimum absolute atomic E-state index is 0.443. The second kappa shape index (κ2) is 5.67. The molecule has 1 aromatic carbocycles. The van der Waals surface area contributed by atoms with Crippen molar-refractivity contribution in [1.29, 1.82) is 5.26 Å². The van der Waals surface area contributed by atoms with E-state index in [4.69, 9.17) is 19.8 Å². The van der Waals surface area contributed by atoms with Crippen molar-refractivity contribution in [3.8, 4) is 11.8 Å². The van der Waals surface area contributed by atoms with Crippen LogP contribution < -0.4 is 4.74 Å². The Morgan fingerprint density at radius 1 is 1.18 bits per heavy atom. The maximum atomic E-state index is 9.02. The normalized spacial score (nSPS) is 12.9. The molecule has 0 fully saturated rings. The van der Waals surface area contributed by atoms with Gasteiger partial charge in [0.2, 0.25) is 6.10 Å². The lowest BCUT2D eigenvalue weighted by molar-refractivity contribution is -0.365. The molecule has 4 heteroatoms. The summed E-state index contributed by atoms with van der Waals surface area (Å²) in [6.07, 6.45) is -0.736. The molecule has 17 heavy (non-hydrogen) atoms. The fraction of sp³-hybridized carbons (Fsp3) is 0.462. The van der Waals surface area contributed by atoms with Crippen molar-refractivity contribution >= 4 is 0 Å². The smallest absolute Gasteiger partial charge is 0.204 e. The molecule has 0 amide bonds. The number of nitriles is 1. The fourth-order valence-corrected chi connectivity index (χ4v) is 1.12. The van der Waals surface area contributed by atoms with Crippen LogP contribution in [0.1, 0.15) is 32.4 Å². The van der Waals surface area contributed by atoms with Crippen LogP contribution in [0.3, 0.4) is 0 Å². The standard InChI is InChI=1S/C13H17NO3/c1-13(2,3)17-16-12(9-14)10-5-7-11(15-4)8-6-10/h5-8,12H,1-4H3. The van der Waals surface area contributed by atoms with Crippen LogP contribution in [0.15, 0.2) is 24.3 Å². The summed E-state index contributed by atoms with van der Waals surface area (Å²) < 4.78 is 5.04. The summed E-state index contributed by atoms with van der Waals surface area (Å²) in [7, 11) is 1.59. The van der Waals surface area contributed by atoms with Gasteiger partial charge in [-0.2, -0.15) is 5.26 Å². The lowest BCUT2D eigenvalue weighted by Gasteiger charge is -2.20. The number of rotatable bonds is 4. The van der Waals surface area contributed by atoms with E-state index >= 15 is 0 Å². The number of hydrogen-bond donors (Lipinski definition) is 0. The Kier molecular flexibility index (Phi) is 4.50. The van der Waals surface area contributed by atoms with Crippen molar-refractivity contribution in [3.63, 3.8) is 0 Å². The molecule has 0 aliphatic carbocycles. The van der Waals surface area contributed by atoms with E-state index in [1.807, 2.05) is 26.8 Å². The molecule has 0 saturated carbocycles. The first-order valence-corrected chi connectivity index (χ1v) is 5.34. The van der Waals surface area contributed by atoms with Gasteiger partial charge in [-0.3, -0.25) is 0 Å². The molecule has 1 aromatic rings. The van der Waals surface area contributed by atoms with Crippen LogP contribution in [0.2, 0.25) is 0 Å². The Morgan fingerprint density at radius 3 is 2.18 bits per heavy atom. The molecule has 1 rings (SSSR count). The monoisotopic (exact) mass is 235 g/mol. The molecule has 0 N–H and O–H groups in total. The van der Waals surface area contributed by atoms with E-state index in [-0.39, 0.29) is 0 Å². The second-order valence-electron chi connectivity index (χ2n) is 4.57. The van der Waals surface area contributed by atoms with Gasteiger partial charge in [0.15, 0.2) is 0 Å². The number of ether oxygens (including phenoxy) is 1. The quantitative estimate of drug-likeness (QED) is 0.594. The van der Waals surface area contributed by atoms with Gasteiger partial charge >= 0.3 is 0 Å². The van der Waals surface area contributed by atoms with Crippen molar-refractivity contribution in [1.82, 2.24) is 0 Å². The maximum Gasteiger partial charge on any atom is 0.204 e. The lowest BCUT2D eigenvalue weighted by Crippen LogP contribution is -2.20. The average molecular weight is 235 g/mol. The molecule has 0 heterocycles. The zero-order valence-electron chi connectivity index (χ0n) is 10.6. The molecule has 0 aromatic heterocycles. The summed E-state index contributed by atoms with van der Waals surface area (Å²) in [6, 6.07) is 9.15. The number of nitrogens with zero attached hydrogens (tertiary/aromatic N) is 1. The molecule has 0 saturated heterocycles. The van der Waals surface area contributed by atoms with Gasteiger partial charge in [0.1, 0.15) is 11.8 Å². The highest BCUT2D eigenvalue weighted by atomic mass is 17.2. The van der Waals surface area contributed by atoms with E-state index in [1.54, 1.807) is 31.4 Å². The molecule has 1 atom stereocenters. The zero-order valence-corrected chi connectivity index (χ0v) is 10.6. The molecule has 0 spiro atoms. The minimum atomic E-state index is -0.736. The van der Waals surface area contributed by atoms with E-state index in [0.29, 0.717) is 0 Å². The van der Waals surface area contributed by atoms with Gasteiger partial charge < -0.3 is 4.74 Å². The van der Waals surface area contributed by atoms with Crippen molar-refractivity contribution in [2.45, 2.75) is 32.5 Å². The molecule has 0 bridgehead atoms. The highest BCUT2D eigenvalue weighted by Crippen LogP contribution is 2.22. The predicted octanol–water partition coefficient (Wildman–Crippen LogP) is 3.01. The summed E-state index contributed by atoms with van der Waals surface area (Å²) >= 11 is 0. The lowest BCUT2D eigenvalue weighted by atomic mass is 10.1. The molecule has 0 aliphatic heterocycles. The van der Waals surface area contributed by atoms with Crippen molar-refractivity contribution in [2.24, 2.45) is 0 Å². The topological polar surface area (TPSA) is 51.5 Å². The summed E-state index contributed by atoms with van der Waals surface area (Å²) in [5.74, 6) is 0.738. The van der Waals surface area contributed by atoms with Crippen LogP contribution in [0.5, 0.6) is 5.75 Å². The Labute approximate surface area is 102 Å². The Balaban J connectivity index is 2.70. The number of benzene rings is 1. The van der Waals surface area contributed by atoms with Gasteiger partial charge in [-0.25, -0.2) is 9.78 Å². The van der Waals surface area contributed by atoms with E-state index in [2.05, 4.69) is 0 Å². The maximum absolute atomic E-state index is 9.02. The van der Waals surface area contributed by atoms with Crippen LogP contribution >= 0.6 is 0 Å². The zero-order chi connectivity index (χ0) is 12.9. The Bertz CT molecular complexity index is 387. The molecule has 92 valence electrons. The van der Waals surface area contributed by atoms with Gasteiger partial charge in [0.25, 0.3) is 0 Å². The fourth-order valence-electron chi connectivity index (χ4n) is 1.12. The first-order chi connectivity index (χ1) is 7.96. The van der Waals surface area contributed by atoms with E-state index < -0.39 is 11.7 Å². The molecule has 0 radical (unpaired) electrons. The highest BCUT2D eigenvalue weighted by molar-refractivity contribution is 5.30. The predicted molar refractivity (Wildman–Crippen MR) is 63.3 cm³/mol. The summed E-state index contributed by atoms with van der Waals surface area (Å²) in [5, 5.41) is 9.02. The van der Waals surface area contributed by atoms with Crippen molar-refractivity contribution in [3.05, 3.63) is 29.8 Å². The van der Waals surface area contributed by atoms with Crippen LogP contribution in [0, 0.1) is 11.3 Å². The largest absolute Gasteiger partial charge is 0.497 e. The number of hydrogen-bond acceptors (Lipinski definition) is 4. The van der Waals surface area contributed by atoms with Gasteiger partial charge in [-0.1, -0.05) is 12.1 Å². The van der Waals surface area contributed by atoms with Gasteiger partial charge in [0.05, 0.1) is 12.7 Å². The van der Waals surface area contributed by atoms with E-state index in [9.17, 15) is 0 Å². The number of methoxy groups -OCH3 is 1. The summed E-state index contributed by atoms with van der Waals surface area (Å²) in [4.78, 5) is 10.3. The third-order valence-electron chi connectivity index (χ3n) is 1.93. The van der Waals surface area contributed by atoms with Crippen molar-refractivity contribution in [2.75, 3.05) is 7.11 Å². The molecular weight excluding hydrogens is 218 g/mol. The summed E-state index contributed by atoms with van der Waals surface area (Å²) in [6.45, 7) is 5.57. The van der Waals surface area contributed by atoms with E-state index in [1.165, 1.54) is 0 Å². The van der Waals surface area contributed by atoms with Gasteiger partial charge in [-0.15, -0.1) is 0 Å². The van der Waals surface area contributed by atoms with Gasteiger partial charge in [0, 0.05) is 0 Å². The minimum Gasteiger partial charge on any atom is -0.497 e. The van der Waals surface area contributed by atoms with Crippen LogP contribution in [-0.4, -0.2) is 12.7 Å². The molecule has 0 aliphatic rings. The van der Waals surface area contributed by atoms with E-state index in [0.717, 1.165) is 11.3 Å². The van der Waals surface area contributed by atoms with Crippen LogP contribution in [0.4, 0.5) is 0 Å². The first-order valence-electron chi connectivity index (χ1n) is 5.34. The van der Waals surface area contributed by atoms with Gasteiger partial charge in [-0.05, 0) is 38.5 Å². The third kappa shape index (κ3) is 4.43. The third-order valence-corrected chi connectivity index (χ3v) is 1.93.